The van der Waals surface area contributed by atoms with E-state index in [4.69, 9.17) is 0 Å². The number of carbonyl (C=O) groups excluding carboxylic acids is 1. The Bertz CT molecular complexity index is 425. The van der Waals surface area contributed by atoms with Crippen LogP contribution in [0.5, 0.6) is 0 Å². The largest absolute Gasteiger partial charge is 0.390 e. The van der Waals surface area contributed by atoms with E-state index in [1.54, 1.807) is 6.08 Å². The van der Waals surface area contributed by atoms with Crippen LogP contribution in [0.1, 0.15) is 18.4 Å². The highest BCUT2D eigenvalue weighted by molar-refractivity contribution is 5.93. The minimum absolute atomic E-state index is 0.251. The minimum atomic E-state index is -1.28. The molecule has 96 valence electrons. The van der Waals surface area contributed by atoms with E-state index in [2.05, 4.69) is 12.1 Å². The van der Waals surface area contributed by atoms with Gasteiger partial charge in [0.25, 0.3) is 0 Å². The molecular formula is C15H18O3. The summed E-state index contributed by atoms with van der Waals surface area (Å²) < 4.78 is 0. The molecule has 0 radical (unpaired) electrons. The first kappa shape index (κ1) is 13.0. The zero-order valence-corrected chi connectivity index (χ0v) is 10.2. The molecule has 2 rings (SSSR count). The number of benzene rings is 1. The summed E-state index contributed by atoms with van der Waals surface area (Å²) in [5, 5.41) is 19.4. The van der Waals surface area contributed by atoms with Gasteiger partial charge < -0.3 is 10.2 Å². The van der Waals surface area contributed by atoms with E-state index in [0.29, 0.717) is 6.42 Å². The molecule has 0 aromatic heterocycles. The van der Waals surface area contributed by atoms with Gasteiger partial charge in [0.15, 0.2) is 5.78 Å². The Morgan fingerprint density at radius 3 is 2.61 bits per heavy atom. The number of rotatable bonds is 2. The Labute approximate surface area is 107 Å². The molecule has 1 aromatic rings. The van der Waals surface area contributed by atoms with E-state index in [1.807, 2.05) is 18.2 Å². The van der Waals surface area contributed by atoms with Gasteiger partial charge in [-0.15, -0.1) is 0 Å². The highest BCUT2D eigenvalue weighted by atomic mass is 16.3. The molecular weight excluding hydrogens is 228 g/mol. The van der Waals surface area contributed by atoms with Crippen molar-refractivity contribution in [3.63, 3.8) is 0 Å². The lowest BCUT2D eigenvalue weighted by Gasteiger charge is -2.23. The molecule has 0 bridgehead atoms. The third kappa shape index (κ3) is 3.28. The summed E-state index contributed by atoms with van der Waals surface area (Å²) in [4.78, 5) is 11.3. The van der Waals surface area contributed by atoms with E-state index in [9.17, 15) is 15.0 Å². The van der Waals surface area contributed by atoms with Crippen molar-refractivity contribution in [2.75, 3.05) is 0 Å². The molecule has 0 spiro atoms. The Hall–Kier alpha value is -1.45. The van der Waals surface area contributed by atoms with Crippen LogP contribution in [-0.4, -0.2) is 28.2 Å². The summed E-state index contributed by atoms with van der Waals surface area (Å²) in [6, 6.07) is 10.1. The Balaban J connectivity index is 2.05. The van der Waals surface area contributed by atoms with Crippen molar-refractivity contribution in [2.45, 2.75) is 31.5 Å². The molecule has 3 nitrogen and oxygen atoms in total. The van der Waals surface area contributed by atoms with Crippen LogP contribution in [0, 0.1) is 5.92 Å². The number of hydrogen-bond acceptors (Lipinski definition) is 3. The lowest BCUT2D eigenvalue weighted by Crippen LogP contribution is -2.35. The van der Waals surface area contributed by atoms with E-state index < -0.39 is 18.0 Å². The number of carbonyl (C=O) groups is 1. The molecule has 0 amide bonds. The smallest absolute Gasteiger partial charge is 0.186 e. The second kappa shape index (κ2) is 5.94. The molecule has 18 heavy (non-hydrogen) atoms. The van der Waals surface area contributed by atoms with Gasteiger partial charge in [-0.2, -0.15) is 0 Å². The van der Waals surface area contributed by atoms with Crippen molar-refractivity contribution in [2.24, 2.45) is 5.92 Å². The summed E-state index contributed by atoms with van der Waals surface area (Å²) in [6.45, 7) is 0. The van der Waals surface area contributed by atoms with E-state index >= 15 is 0 Å². The average Bonchev–Trinajstić information content (AvgIpc) is 2.37. The van der Waals surface area contributed by atoms with Crippen molar-refractivity contribution >= 4 is 5.78 Å². The molecule has 1 aromatic carbocycles. The zero-order chi connectivity index (χ0) is 13.0. The van der Waals surface area contributed by atoms with Gasteiger partial charge in [-0.25, -0.2) is 0 Å². The van der Waals surface area contributed by atoms with E-state index in [1.165, 1.54) is 11.6 Å². The quantitative estimate of drug-likeness (QED) is 0.831. The molecule has 0 heterocycles. The Kier molecular flexibility index (Phi) is 4.28. The molecule has 3 unspecified atom stereocenters. The third-order valence-electron chi connectivity index (χ3n) is 3.35. The van der Waals surface area contributed by atoms with Gasteiger partial charge in [-0.1, -0.05) is 36.4 Å². The predicted molar refractivity (Wildman–Crippen MR) is 69.0 cm³/mol. The van der Waals surface area contributed by atoms with Gasteiger partial charge in [0.1, 0.15) is 6.10 Å². The minimum Gasteiger partial charge on any atom is -0.390 e. The molecule has 3 atom stereocenters. The maximum atomic E-state index is 11.3. The van der Waals surface area contributed by atoms with Gasteiger partial charge in [-0.05, 0) is 36.8 Å². The second-order valence-corrected chi connectivity index (χ2v) is 4.84. The van der Waals surface area contributed by atoms with E-state index in [-0.39, 0.29) is 5.92 Å². The van der Waals surface area contributed by atoms with Crippen LogP contribution in [0.15, 0.2) is 42.5 Å². The lowest BCUT2D eigenvalue weighted by atomic mass is 9.86. The molecule has 3 heteroatoms. The standard InChI is InChI=1S/C15H18O3/c16-13-8-4-7-12(10-14(17)15(13)18)9-11-5-2-1-3-6-11/h1-6,8,12,14-15,17-18H,7,9-10H2. The molecule has 0 saturated carbocycles. The SMILES string of the molecule is O=C1C=CCC(Cc2ccccc2)CC(O)C1O. The van der Waals surface area contributed by atoms with Gasteiger partial charge in [0.2, 0.25) is 0 Å². The number of aliphatic hydroxyl groups is 2. The fourth-order valence-corrected chi connectivity index (χ4v) is 2.35. The maximum Gasteiger partial charge on any atom is 0.186 e. The van der Waals surface area contributed by atoms with Gasteiger partial charge >= 0.3 is 0 Å². The van der Waals surface area contributed by atoms with Gasteiger partial charge in [0, 0.05) is 0 Å². The number of hydrogen-bond donors (Lipinski definition) is 2. The molecule has 2 N–H and O–H groups in total. The summed E-state index contributed by atoms with van der Waals surface area (Å²) in [5.74, 6) is -0.151. The normalized spacial score (nSPS) is 28.8. The van der Waals surface area contributed by atoms with Crippen molar-refractivity contribution in [1.82, 2.24) is 0 Å². The summed E-state index contributed by atoms with van der Waals surface area (Å²) >= 11 is 0. The molecule has 1 aliphatic carbocycles. The van der Waals surface area contributed by atoms with E-state index in [0.717, 1.165) is 12.8 Å². The van der Waals surface area contributed by atoms with Crippen LogP contribution in [0.2, 0.25) is 0 Å². The summed E-state index contributed by atoms with van der Waals surface area (Å²) in [5.41, 5.74) is 1.21. The summed E-state index contributed by atoms with van der Waals surface area (Å²) in [7, 11) is 0. The molecule has 0 saturated heterocycles. The summed E-state index contributed by atoms with van der Waals surface area (Å²) in [6.07, 6.45) is 2.99. The van der Waals surface area contributed by atoms with Gasteiger partial charge in [-0.3, -0.25) is 4.79 Å². The fraction of sp³-hybridized carbons (Fsp3) is 0.400. The van der Waals surface area contributed by atoms with Crippen LogP contribution in [0.4, 0.5) is 0 Å². The maximum absolute atomic E-state index is 11.3. The van der Waals surface area contributed by atoms with Crippen molar-refractivity contribution in [3.05, 3.63) is 48.0 Å². The number of aliphatic hydroxyl groups excluding tert-OH is 2. The molecule has 0 aliphatic heterocycles. The van der Waals surface area contributed by atoms with Crippen molar-refractivity contribution in [1.29, 1.82) is 0 Å². The highest BCUT2D eigenvalue weighted by Crippen LogP contribution is 2.22. The molecule has 0 fully saturated rings. The number of ketones is 1. The van der Waals surface area contributed by atoms with Crippen LogP contribution >= 0.6 is 0 Å². The van der Waals surface area contributed by atoms with Gasteiger partial charge in [0.05, 0.1) is 6.10 Å². The number of allylic oxidation sites excluding steroid dienone is 1. The topological polar surface area (TPSA) is 57.5 Å². The third-order valence-corrected chi connectivity index (χ3v) is 3.35. The fourth-order valence-electron chi connectivity index (χ4n) is 2.35. The monoisotopic (exact) mass is 246 g/mol. The molecule has 1 aliphatic rings. The Morgan fingerprint density at radius 1 is 1.17 bits per heavy atom. The predicted octanol–water partition coefficient (Wildman–Crippen LogP) is 1.49. The second-order valence-electron chi connectivity index (χ2n) is 4.84. The lowest BCUT2D eigenvalue weighted by molar-refractivity contribution is -0.128. The average molecular weight is 246 g/mol. The van der Waals surface area contributed by atoms with Crippen LogP contribution in [0.3, 0.4) is 0 Å². The van der Waals surface area contributed by atoms with Crippen molar-refractivity contribution < 1.29 is 15.0 Å². The first-order valence-electron chi connectivity index (χ1n) is 6.27. The zero-order valence-electron chi connectivity index (χ0n) is 10.2. The van der Waals surface area contributed by atoms with Crippen molar-refractivity contribution in [3.8, 4) is 0 Å². The van der Waals surface area contributed by atoms with Crippen LogP contribution in [-0.2, 0) is 11.2 Å². The Morgan fingerprint density at radius 2 is 1.89 bits per heavy atom. The van der Waals surface area contributed by atoms with Crippen LogP contribution in [0.25, 0.3) is 0 Å². The first-order chi connectivity index (χ1) is 8.66. The first-order valence-corrected chi connectivity index (χ1v) is 6.27. The highest BCUT2D eigenvalue weighted by Gasteiger charge is 2.26. The van der Waals surface area contributed by atoms with Crippen LogP contribution < -0.4 is 0 Å².